The fourth-order valence-corrected chi connectivity index (χ4v) is 6.51. The molecule has 0 bridgehead atoms. The molecule has 1 aliphatic heterocycles. The number of benzene rings is 4. The van der Waals surface area contributed by atoms with Crippen LogP contribution in [-0.4, -0.2) is 49.8 Å². The number of esters is 2. The van der Waals surface area contributed by atoms with Crippen LogP contribution < -0.4 is 20.7 Å². The largest absolute Gasteiger partial charge is 0.491 e. The van der Waals surface area contributed by atoms with Gasteiger partial charge in [0.1, 0.15) is 11.8 Å². The molecule has 0 radical (unpaired) electrons. The number of rotatable bonds is 11. The third-order valence-corrected chi connectivity index (χ3v) is 8.82. The smallest absolute Gasteiger partial charge is 0.340 e. The maximum absolute atomic E-state index is 13.7. The van der Waals surface area contributed by atoms with Gasteiger partial charge in [0.15, 0.2) is 0 Å². The fraction of sp³-hybridized carbons (Fsp3) is 0.200. The second-order valence-corrected chi connectivity index (χ2v) is 11.8. The molecule has 50 heavy (non-hydrogen) atoms. The first-order valence-corrected chi connectivity index (χ1v) is 16.3. The van der Waals surface area contributed by atoms with E-state index in [0.29, 0.717) is 24.5 Å². The minimum absolute atomic E-state index is 0.171. The molecule has 1 aromatic heterocycles. The number of hydrogen-bond donors (Lipinski definition) is 3. The van der Waals surface area contributed by atoms with Crippen molar-refractivity contribution in [2.45, 2.75) is 30.8 Å². The number of aromatic nitrogens is 1. The predicted octanol–water partition coefficient (Wildman–Crippen LogP) is 6.50. The zero-order valence-corrected chi connectivity index (χ0v) is 27.8. The molecule has 0 saturated heterocycles. The van der Waals surface area contributed by atoms with E-state index in [0.717, 1.165) is 34.2 Å². The molecule has 0 saturated carbocycles. The quantitative estimate of drug-likeness (QED) is 0.107. The zero-order chi connectivity index (χ0) is 34.9. The second kappa shape index (κ2) is 15.5. The highest BCUT2D eigenvalue weighted by Crippen LogP contribution is 2.39. The summed E-state index contributed by atoms with van der Waals surface area (Å²) in [6.07, 6.45) is 4.56. The third kappa shape index (κ3) is 7.06. The molecule has 1 unspecified atom stereocenters. The molecule has 0 spiro atoms. The number of urea groups is 1. The number of pyridine rings is 1. The van der Waals surface area contributed by atoms with Gasteiger partial charge in [0.25, 0.3) is 0 Å². The number of nitrogens with zero attached hydrogens (tertiary/aromatic N) is 1. The molecular weight excluding hydrogens is 632 g/mol. The van der Waals surface area contributed by atoms with Crippen molar-refractivity contribution in [2.24, 2.45) is 0 Å². The van der Waals surface area contributed by atoms with E-state index in [4.69, 9.17) is 14.2 Å². The van der Waals surface area contributed by atoms with E-state index in [1.165, 1.54) is 32.7 Å². The molecule has 0 aliphatic carbocycles. The topological polar surface area (TPSA) is 128 Å². The molecule has 2 heterocycles. The van der Waals surface area contributed by atoms with Gasteiger partial charge in [-0.1, -0.05) is 97.1 Å². The van der Waals surface area contributed by atoms with Crippen molar-refractivity contribution in [1.29, 1.82) is 0 Å². The van der Waals surface area contributed by atoms with E-state index < -0.39 is 29.6 Å². The van der Waals surface area contributed by atoms with E-state index in [9.17, 15) is 14.4 Å². The number of fused-ring (bicyclic) bond motifs is 1. The van der Waals surface area contributed by atoms with Gasteiger partial charge >= 0.3 is 18.0 Å². The van der Waals surface area contributed by atoms with Crippen LogP contribution in [0.15, 0.2) is 122 Å². The maximum atomic E-state index is 13.7. The fourth-order valence-electron chi connectivity index (χ4n) is 6.51. The van der Waals surface area contributed by atoms with Crippen molar-refractivity contribution in [3.05, 3.63) is 155 Å². The first-order chi connectivity index (χ1) is 24.4. The molecule has 0 fully saturated rings. The minimum atomic E-state index is -0.909. The highest BCUT2D eigenvalue weighted by molar-refractivity contribution is 6.05. The summed E-state index contributed by atoms with van der Waals surface area (Å²) in [4.78, 5) is 43.1. The number of methoxy groups -OCH3 is 2. The molecule has 5 aromatic rings. The Hall–Kier alpha value is -6.00. The van der Waals surface area contributed by atoms with Gasteiger partial charge in [-0.2, -0.15) is 0 Å². The molecule has 10 heteroatoms. The molecule has 1 atom stereocenters. The van der Waals surface area contributed by atoms with Crippen LogP contribution >= 0.6 is 0 Å². The minimum Gasteiger partial charge on any atom is -0.491 e. The van der Waals surface area contributed by atoms with E-state index in [1.807, 2.05) is 60.7 Å². The van der Waals surface area contributed by atoms with Gasteiger partial charge < -0.3 is 24.8 Å². The van der Waals surface area contributed by atoms with Crippen molar-refractivity contribution >= 4 is 29.3 Å². The van der Waals surface area contributed by atoms with Gasteiger partial charge in [-0.05, 0) is 59.2 Å². The van der Waals surface area contributed by atoms with Crippen LogP contribution in [0.4, 0.5) is 16.2 Å². The van der Waals surface area contributed by atoms with E-state index in [2.05, 4.69) is 57.3 Å². The summed E-state index contributed by atoms with van der Waals surface area (Å²) >= 11 is 0. The lowest BCUT2D eigenvalue weighted by Gasteiger charge is -2.39. The highest BCUT2D eigenvalue weighted by Gasteiger charge is 2.40. The lowest BCUT2D eigenvalue weighted by Crippen LogP contribution is -2.53. The standard InChI is InChI=1S/C40H38N4O6/c1-48-37(45)32-22-23-41-26-35(32)43-39(47)42-33-21-20-27(31-19-12-24-50-36(31)33)25-34(38(46)49-2)44-40(28-13-6-3-7-14-28,29-15-8-4-9-16-29)30-17-10-5-11-18-30/h3-11,13-18,20-23,26,34,44H,12,19,24-25H2,1-2H3,(H2,42,43,47). The van der Waals surface area contributed by atoms with Crippen molar-refractivity contribution in [1.82, 2.24) is 10.3 Å². The summed E-state index contributed by atoms with van der Waals surface area (Å²) in [6.45, 7) is 0.472. The Morgan fingerprint density at radius 1 is 0.780 bits per heavy atom. The second-order valence-electron chi connectivity index (χ2n) is 11.8. The van der Waals surface area contributed by atoms with Crippen LogP contribution in [0.1, 0.15) is 44.6 Å². The van der Waals surface area contributed by atoms with Crippen LogP contribution in [0, 0.1) is 0 Å². The van der Waals surface area contributed by atoms with Crippen LogP contribution in [-0.2, 0) is 32.6 Å². The van der Waals surface area contributed by atoms with E-state index >= 15 is 0 Å². The van der Waals surface area contributed by atoms with Crippen molar-refractivity contribution in [3.63, 3.8) is 0 Å². The Balaban J connectivity index is 1.36. The summed E-state index contributed by atoms with van der Waals surface area (Å²) < 4.78 is 16.4. The molecule has 1 aliphatic rings. The van der Waals surface area contributed by atoms with Crippen molar-refractivity contribution < 1.29 is 28.6 Å². The Morgan fingerprint density at radius 3 is 1.96 bits per heavy atom. The lowest BCUT2D eigenvalue weighted by atomic mass is 9.76. The van der Waals surface area contributed by atoms with Gasteiger partial charge in [0.2, 0.25) is 0 Å². The van der Waals surface area contributed by atoms with Gasteiger partial charge in [-0.25, -0.2) is 9.59 Å². The predicted molar refractivity (Wildman–Crippen MR) is 190 cm³/mol. The van der Waals surface area contributed by atoms with Crippen LogP contribution in [0.2, 0.25) is 0 Å². The van der Waals surface area contributed by atoms with Gasteiger partial charge in [-0.3, -0.25) is 15.1 Å². The Bertz CT molecular complexity index is 1860. The SMILES string of the molecule is COC(=O)c1ccncc1NC(=O)Nc1ccc(CC(NC(c2ccccc2)(c2ccccc2)c2ccccc2)C(=O)OC)c2c1OCCC2. The van der Waals surface area contributed by atoms with Crippen LogP contribution in [0.3, 0.4) is 0 Å². The third-order valence-electron chi connectivity index (χ3n) is 8.82. The lowest BCUT2D eigenvalue weighted by molar-refractivity contribution is -0.143. The summed E-state index contributed by atoms with van der Waals surface area (Å²) in [5.41, 5.74) is 4.60. The van der Waals surface area contributed by atoms with Crippen LogP contribution in [0.5, 0.6) is 5.75 Å². The van der Waals surface area contributed by atoms with Gasteiger partial charge in [-0.15, -0.1) is 0 Å². The normalized spacial score (nSPS) is 12.8. The first kappa shape index (κ1) is 33.9. The monoisotopic (exact) mass is 670 g/mol. The number of carbonyl (C=O) groups excluding carboxylic acids is 3. The average Bonchev–Trinajstić information content (AvgIpc) is 3.18. The van der Waals surface area contributed by atoms with Crippen LogP contribution in [0.25, 0.3) is 0 Å². The number of ether oxygens (including phenoxy) is 3. The zero-order valence-electron chi connectivity index (χ0n) is 27.8. The first-order valence-electron chi connectivity index (χ1n) is 16.3. The molecule has 10 nitrogen and oxygen atoms in total. The summed E-state index contributed by atoms with van der Waals surface area (Å²) in [6, 6.07) is 34.0. The summed E-state index contributed by atoms with van der Waals surface area (Å²) in [7, 11) is 2.66. The average molecular weight is 671 g/mol. The number of nitrogens with one attached hydrogen (secondary N) is 3. The van der Waals surface area contributed by atoms with Crippen molar-refractivity contribution in [2.75, 3.05) is 31.5 Å². The Labute approximate surface area is 290 Å². The molecule has 6 rings (SSSR count). The summed E-state index contributed by atoms with van der Waals surface area (Å²) in [5, 5.41) is 9.32. The highest BCUT2D eigenvalue weighted by atomic mass is 16.5. The van der Waals surface area contributed by atoms with Gasteiger partial charge in [0.05, 0.1) is 49.5 Å². The summed E-state index contributed by atoms with van der Waals surface area (Å²) in [5.74, 6) is -0.480. The molecule has 2 amide bonds. The Kier molecular flexibility index (Phi) is 10.5. The molecule has 3 N–H and O–H groups in total. The molecule has 4 aromatic carbocycles. The number of carbonyl (C=O) groups is 3. The Morgan fingerprint density at radius 2 is 1.38 bits per heavy atom. The number of amides is 2. The number of anilines is 2. The van der Waals surface area contributed by atoms with Gasteiger partial charge in [0, 0.05) is 6.20 Å². The molecular formula is C40H38N4O6. The molecule has 254 valence electrons. The number of hydrogen-bond acceptors (Lipinski definition) is 8. The van der Waals surface area contributed by atoms with Crippen molar-refractivity contribution in [3.8, 4) is 5.75 Å². The van der Waals surface area contributed by atoms with E-state index in [1.54, 1.807) is 6.07 Å². The van der Waals surface area contributed by atoms with E-state index in [-0.39, 0.29) is 17.7 Å². The maximum Gasteiger partial charge on any atom is 0.340 e.